The predicted molar refractivity (Wildman–Crippen MR) is 147 cm³/mol. The molecule has 194 valence electrons. The molecule has 0 aliphatic heterocycles. The van der Waals surface area contributed by atoms with Crippen LogP contribution in [-0.2, 0) is 6.54 Å². The average molecular weight is 520 g/mol. The van der Waals surface area contributed by atoms with E-state index in [-0.39, 0.29) is 5.69 Å². The van der Waals surface area contributed by atoms with Crippen LogP contribution in [0.15, 0.2) is 61.3 Å². The molecule has 1 aliphatic rings. The normalized spacial score (nSPS) is 14.1. The number of nitrogens with one attached hydrogen (secondary N) is 3. The van der Waals surface area contributed by atoms with Gasteiger partial charge in [-0.3, -0.25) is 20.1 Å². The van der Waals surface area contributed by atoms with Gasteiger partial charge >= 0.3 is 0 Å². The van der Waals surface area contributed by atoms with E-state index in [1.165, 1.54) is 25.7 Å². The molecule has 1 saturated carbocycles. The fourth-order valence-electron chi connectivity index (χ4n) is 5.46. The van der Waals surface area contributed by atoms with E-state index in [1.807, 2.05) is 36.5 Å². The first-order valence-corrected chi connectivity index (χ1v) is 13.2. The molecule has 9 nitrogen and oxygen atoms in total. The Balaban J connectivity index is 1.24. The van der Waals surface area contributed by atoms with E-state index >= 15 is 4.39 Å². The van der Waals surface area contributed by atoms with Crippen molar-refractivity contribution in [1.82, 2.24) is 45.4 Å². The zero-order valence-corrected chi connectivity index (χ0v) is 21.2. The van der Waals surface area contributed by atoms with Crippen molar-refractivity contribution in [3.8, 4) is 34.0 Å². The fraction of sp³-hybridized carbons (Fsp3) is 0.241. The third kappa shape index (κ3) is 4.42. The van der Waals surface area contributed by atoms with Gasteiger partial charge in [0, 0.05) is 42.5 Å². The molecule has 1 aliphatic carbocycles. The lowest BCUT2D eigenvalue weighted by Crippen LogP contribution is -2.20. The van der Waals surface area contributed by atoms with Gasteiger partial charge in [0.25, 0.3) is 0 Å². The molecule has 0 saturated heterocycles. The Morgan fingerprint density at radius 2 is 1.90 bits per heavy atom. The monoisotopic (exact) mass is 519 g/mol. The number of aromatic nitrogens is 8. The highest BCUT2D eigenvalue weighted by Gasteiger charge is 2.22. The number of fused-ring (bicyclic) bond motifs is 2. The molecule has 0 amide bonds. The van der Waals surface area contributed by atoms with Crippen molar-refractivity contribution >= 4 is 22.1 Å². The number of hydrogen-bond donors (Lipinski definition) is 3. The summed E-state index contributed by atoms with van der Waals surface area (Å²) in [5.41, 5.74) is 5.51. The molecule has 7 rings (SSSR count). The first-order valence-electron chi connectivity index (χ1n) is 13.2. The summed E-state index contributed by atoms with van der Waals surface area (Å²) < 4.78 is 16.1. The van der Waals surface area contributed by atoms with Gasteiger partial charge in [-0.1, -0.05) is 18.9 Å². The van der Waals surface area contributed by atoms with Crippen molar-refractivity contribution in [3.63, 3.8) is 0 Å². The Morgan fingerprint density at radius 3 is 2.77 bits per heavy atom. The van der Waals surface area contributed by atoms with Crippen LogP contribution in [0.1, 0.15) is 31.2 Å². The lowest BCUT2D eigenvalue weighted by atomic mass is 10.1. The first kappa shape index (κ1) is 23.5. The van der Waals surface area contributed by atoms with E-state index in [1.54, 1.807) is 24.8 Å². The van der Waals surface area contributed by atoms with Gasteiger partial charge in [0.1, 0.15) is 11.4 Å². The van der Waals surface area contributed by atoms with Crippen LogP contribution >= 0.6 is 0 Å². The number of nitrogens with zero attached hydrogens (tertiary/aromatic N) is 6. The molecular weight excluding hydrogens is 493 g/mol. The summed E-state index contributed by atoms with van der Waals surface area (Å²) in [7, 11) is 0. The minimum Gasteiger partial charge on any atom is -0.335 e. The second-order valence-corrected chi connectivity index (χ2v) is 10.0. The van der Waals surface area contributed by atoms with Gasteiger partial charge in [-0.05, 0) is 55.1 Å². The van der Waals surface area contributed by atoms with Crippen LogP contribution in [-0.4, -0.2) is 46.6 Å². The van der Waals surface area contributed by atoms with Gasteiger partial charge in [0.15, 0.2) is 17.3 Å². The molecule has 3 N–H and O–H groups in total. The summed E-state index contributed by atoms with van der Waals surface area (Å²) in [6.45, 7) is 1.68. The number of pyridine rings is 4. The number of H-pyrrole nitrogens is 2. The molecular formula is C29H26FN9. The van der Waals surface area contributed by atoms with E-state index in [9.17, 15) is 0 Å². The molecule has 6 aromatic rings. The van der Waals surface area contributed by atoms with Crippen LogP contribution in [0, 0.1) is 11.7 Å². The molecule has 39 heavy (non-hydrogen) atoms. The zero-order chi connectivity index (χ0) is 26.2. The summed E-state index contributed by atoms with van der Waals surface area (Å²) >= 11 is 0. The highest BCUT2D eigenvalue weighted by atomic mass is 19.1. The minimum absolute atomic E-state index is 0.221. The van der Waals surface area contributed by atoms with Crippen molar-refractivity contribution in [1.29, 1.82) is 0 Å². The molecule has 10 heteroatoms. The van der Waals surface area contributed by atoms with Gasteiger partial charge in [-0.15, -0.1) is 0 Å². The van der Waals surface area contributed by atoms with E-state index < -0.39 is 5.82 Å². The quantitative estimate of drug-likeness (QED) is 0.257. The predicted octanol–water partition coefficient (Wildman–Crippen LogP) is 5.44. The van der Waals surface area contributed by atoms with Crippen molar-refractivity contribution < 1.29 is 4.39 Å². The Kier molecular flexibility index (Phi) is 6.01. The second kappa shape index (κ2) is 9.95. The van der Waals surface area contributed by atoms with Crippen LogP contribution in [0.2, 0.25) is 0 Å². The van der Waals surface area contributed by atoms with Crippen molar-refractivity contribution in [2.24, 2.45) is 5.92 Å². The van der Waals surface area contributed by atoms with Crippen LogP contribution in [0.4, 0.5) is 4.39 Å². The largest absolute Gasteiger partial charge is 0.335 e. The lowest BCUT2D eigenvalue weighted by Gasteiger charge is -2.11. The molecule has 0 radical (unpaired) electrons. The standard InChI is InChI=1S/C29H26FN9/c30-24-23-22(16-35-25(24)19-11-18(14-32-15-19)13-31-12-17-5-1-2-6-17)38-39-27(23)29-36-26-20(8-10-34-28(26)37-29)21-7-3-4-9-33-21/h3-4,7-11,14-17,31H,1-2,5-6,12-13H2,(H,38,39)(H,34,36,37). The Labute approximate surface area is 223 Å². The van der Waals surface area contributed by atoms with Crippen molar-refractivity contribution in [2.75, 3.05) is 6.54 Å². The van der Waals surface area contributed by atoms with E-state index in [0.717, 1.165) is 29.3 Å². The van der Waals surface area contributed by atoms with Gasteiger partial charge in [0.2, 0.25) is 0 Å². The minimum atomic E-state index is -0.479. The van der Waals surface area contributed by atoms with E-state index in [4.69, 9.17) is 0 Å². The molecule has 6 aromatic heterocycles. The number of aromatic amines is 2. The fourth-order valence-corrected chi connectivity index (χ4v) is 5.46. The van der Waals surface area contributed by atoms with Crippen molar-refractivity contribution in [2.45, 2.75) is 32.2 Å². The van der Waals surface area contributed by atoms with Crippen LogP contribution in [0.5, 0.6) is 0 Å². The second-order valence-electron chi connectivity index (χ2n) is 10.0. The average Bonchev–Trinajstić information content (AvgIpc) is 3.73. The molecule has 6 heterocycles. The molecule has 1 fully saturated rings. The molecule has 0 spiro atoms. The SMILES string of the molecule is Fc1c(-c2cncc(CNCC3CCCC3)c2)ncc2[nH]nc(-c3nc4nccc(-c5ccccn5)c4[nH]3)c12. The zero-order valence-electron chi connectivity index (χ0n) is 21.2. The van der Waals surface area contributed by atoms with Crippen LogP contribution in [0.3, 0.4) is 0 Å². The van der Waals surface area contributed by atoms with Gasteiger partial charge in [0.05, 0.1) is 28.3 Å². The summed E-state index contributed by atoms with van der Waals surface area (Å²) in [4.78, 5) is 25.5. The van der Waals surface area contributed by atoms with E-state index in [2.05, 4.69) is 45.4 Å². The van der Waals surface area contributed by atoms with Crippen LogP contribution in [0.25, 0.3) is 56.1 Å². The maximum Gasteiger partial charge on any atom is 0.178 e. The maximum absolute atomic E-state index is 16.1. The maximum atomic E-state index is 16.1. The van der Waals surface area contributed by atoms with Gasteiger partial charge in [-0.25, -0.2) is 14.4 Å². The Morgan fingerprint density at radius 1 is 0.974 bits per heavy atom. The van der Waals surface area contributed by atoms with Crippen LogP contribution < -0.4 is 5.32 Å². The summed E-state index contributed by atoms with van der Waals surface area (Å²) in [5.74, 6) is 0.675. The Bertz CT molecular complexity index is 1770. The number of halogens is 1. The lowest BCUT2D eigenvalue weighted by molar-refractivity contribution is 0.489. The highest BCUT2D eigenvalue weighted by molar-refractivity contribution is 5.96. The summed E-state index contributed by atoms with van der Waals surface area (Å²) in [6, 6.07) is 9.52. The van der Waals surface area contributed by atoms with Crippen molar-refractivity contribution in [3.05, 3.63) is 72.7 Å². The molecule has 0 unspecified atom stereocenters. The molecule has 0 bridgehead atoms. The molecule has 0 aromatic carbocycles. The first-order chi connectivity index (χ1) is 19.2. The third-order valence-electron chi connectivity index (χ3n) is 7.41. The smallest absolute Gasteiger partial charge is 0.178 e. The Hall–Kier alpha value is -4.57. The van der Waals surface area contributed by atoms with E-state index in [0.29, 0.717) is 45.7 Å². The summed E-state index contributed by atoms with van der Waals surface area (Å²) in [5, 5.41) is 11.1. The van der Waals surface area contributed by atoms with Gasteiger partial charge < -0.3 is 10.3 Å². The summed E-state index contributed by atoms with van der Waals surface area (Å²) in [6.07, 6.45) is 13.7. The highest BCUT2D eigenvalue weighted by Crippen LogP contribution is 2.33. The topological polar surface area (TPSA) is 121 Å². The number of rotatable bonds is 7. The number of imidazole rings is 1. The molecule has 0 atom stereocenters. The van der Waals surface area contributed by atoms with Gasteiger partial charge in [-0.2, -0.15) is 5.10 Å². The number of hydrogen-bond acceptors (Lipinski definition) is 7. The third-order valence-corrected chi connectivity index (χ3v) is 7.41.